The Hall–Kier alpha value is -2.46. The van der Waals surface area contributed by atoms with E-state index in [0.29, 0.717) is 13.2 Å². The Morgan fingerprint density at radius 3 is 1.83 bits per heavy atom. The van der Waals surface area contributed by atoms with Crippen molar-refractivity contribution in [3.8, 4) is 0 Å². The zero-order chi connectivity index (χ0) is 20.6. The molecule has 0 aromatic heterocycles. The van der Waals surface area contributed by atoms with Gasteiger partial charge in [-0.25, -0.2) is 0 Å². The Morgan fingerprint density at radius 1 is 0.800 bits per heavy atom. The van der Waals surface area contributed by atoms with Crippen molar-refractivity contribution in [3.63, 3.8) is 0 Å². The van der Waals surface area contributed by atoms with Gasteiger partial charge in [0.15, 0.2) is 0 Å². The first-order valence-corrected chi connectivity index (χ1v) is 11.8. The van der Waals surface area contributed by atoms with E-state index in [-0.39, 0.29) is 0 Å². The molecule has 154 valence electrons. The number of hydrogen-bond donors (Lipinski definition) is 1. The van der Waals surface area contributed by atoms with E-state index in [1.807, 2.05) is 18.2 Å². The van der Waals surface area contributed by atoms with Crippen LogP contribution in [-0.2, 0) is 10.9 Å². The van der Waals surface area contributed by atoms with Crippen LogP contribution in [0, 0.1) is 0 Å². The lowest BCUT2D eigenvalue weighted by molar-refractivity contribution is 0.356. The van der Waals surface area contributed by atoms with Crippen molar-refractivity contribution in [2.45, 2.75) is 6.42 Å². The average molecular weight is 436 g/mol. The van der Waals surface area contributed by atoms with Gasteiger partial charge in [0.2, 0.25) is 8.45 Å². The summed E-state index contributed by atoms with van der Waals surface area (Å²) in [4.78, 5) is 0.851. The lowest BCUT2D eigenvalue weighted by atomic mass is 10.1. The fraction of sp³-hybridized carbons (Fsp3) is 0.208. The number of hydrogen-bond acceptors (Lipinski definition) is 4. The van der Waals surface area contributed by atoms with Gasteiger partial charge in [-0.05, 0) is 29.8 Å². The fourth-order valence-electron chi connectivity index (χ4n) is 3.45. The second-order valence-corrected chi connectivity index (χ2v) is 9.24. The summed E-state index contributed by atoms with van der Waals surface area (Å²) in [5.74, 6) is 0. The number of rotatable bonds is 8. The third-order valence-electron chi connectivity index (χ3n) is 4.88. The highest BCUT2D eigenvalue weighted by Gasteiger charge is 2.34. The van der Waals surface area contributed by atoms with Crippen LogP contribution >= 0.6 is 20.7 Å². The zero-order valence-corrected chi connectivity index (χ0v) is 18.6. The van der Waals surface area contributed by atoms with E-state index in [1.165, 1.54) is 16.9 Å². The molecule has 1 aliphatic heterocycles. The normalized spacial score (nSPS) is 14.1. The molecule has 1 saturated heterocycles. The minimum Gasteiger partial charge on any atom is -0.377 e. The third-order valence-corrected chi connectivity index (χ3v) is 7.27. The van der Waals surface area contributed by atoms with Crippen molar-refractivity contribution in [1.29, 1.82) is 0 Å². The molecule has 0 spiro atoms. The standard InChI is InChI=1S/C24H26N3OPS/c30-24(20-21-10-4-1-5-11-21)25-16-19-28-29-26(22-12-6-2-7-13-22)17-18-27(29)23-14-8-3-9-15-23/h1-15H,16-20H2,(H,25,30). The summed E-state index contributed by atoms with van der Waals surface area (Å²) < 4.78 is 11.2. The van der Waals surface area contributed by atoms with E-state index >= 15 is 0 Å². The predicted octanol–water partition coefficient (Wildman–Crippen LogP) is 5.42. The number of nitrogens with one attached hydrogen (secondary N) is 1. The number of nitrogens with zero attached hydrogens (tertiary/aromatic N) is 2. The van der Waals surface area contributed by atoms with Crippen molar-refractivity contribution >= 4 is 37.0 Å². The van der Waals surface area contributed by atoms with Crippen LogP contribution in [0.25, 0.3) is 0 Å². The molecule has 6 heteroatoms. The molecule has 4 rings (SSSR count). The summed E-state index contributed by atoms with van der Waals surface area (Å²) in [7, 11) is -0.920. The summed E-state index contributed by atoms with van der Waals surface area (Å²) in [5, 5.41) is 3.34. The molecular formula is C24H26N3OPS. The Balaban J connectivity index is 1.36. The van der Waals surface area contributed by atoms with Crippen molar-refractivity contribution in [1.82, 2.24) is 5.32 Å². The summed E-state index contributed by atoms with van der Waals surface area (Å²) in [6.45, 7) is 3.21. The molecular weight excluding hydrogens is 409 g/mol. The van der Waals surface area contributed by atoms with Crippen LogP contribution in [0.15, 0.2) is 91.0 Å². The van der Waals surface area contributed by atoms with Gasteiger partial charge in [0.25, 0.3) is 0 Å². The molecule has 3 aromatic carbocycles. The molecule has 30 heavy (non-hydrogen) atoms. The first-order valence-electron chi connectivity index (χ1n) is 10.2. The second-order valence-electron chi connectivity index (χ2n) is 7.02. The fourth-order valence-corrected chi connectivity index (χ4v) is 5.69. The monoisotopic (exact) mass is 435 g/mol. The van der Waals surface area contributed by atoms with E-state index < -0.39 is 8.45 Å². The van der Waals surface area contributed by atoms with Gasteiger partial charge in [0.1, 0.15) is 0 Å². The number of para-hydroxylation sites is 2. The van der Waals surface area contributed by atoms with Crippen LogP contribution in [0.5, 0.6) is 0 Å². The minimum absolute atomic E-state index is 0.604. The van der Waals surface area contributed by atoms with Crippen LogP contribution in [0.1, 0.15) is 5.56 Å². The second kappa shape index (κ2) is 10.5. The molecule has 0 atom stereocenters. The van der Waals surface area contributed by atoms with Crippen LogP contribution in [0.2, 0.25) is 0 Å². The first kappa shape index (κ1) is 20.8. The van der Waals surface area contributed by atoms with Crippen molar-refractivity contribution in [2.24, 2.45) is 0 Å². The molecule has 0 unspecified atom stereocenters. The largest absolute Gasteiger partial charge is 0.377 e. The molecule has 1 heterocycles. The minimum atomic E-state index is -0.920. The van der Waals surface area contributed by atoms with Crippen molar-refractivity contribution < 1.29 is 4.52 Å². The molecule has 1 aliphatic rings. The summed E-state index contributed by atoms with van der Waals surface area (Å²) in [6, 6.07) is 31.3. The highest BCUT2D eigenvalue weighted by Crippen LogP contribution is 2.53. The Kier molecular flexibility index (Phi) is 7.30. The number of benzene rings is 3. The molecule has 3 aromatic rings. The van der Waals surface area contributed by atoms with Crippen LogP contribution in [-0.4, -0.2) is 31.2 Å². The van der Waals surface area contributed by atoms with Crippen molar-refractivity contribution in [2.75, 3.05) is 35.6 Å². The average Bonchev–Trinajstić information content (AvgIpc) is 3.22. The van der Waals surface area contributed by atoms with Crippen molar-refractivity contribution in [3.05, 3.63) is 96.6 Å². The maximum Gasteiger partial charge on any atom is 0.248 e. The quantitative estimate of drug-likeness (QED) is 0.290. The molecule has 0 saturated carbocycles. The van der Waals surface area contributed by atoms with E-state index in [4.69, 9.17) is 16.7 Å². The van der Waals surface area contributed by atoms with Gasteiger partial charge in [0.05, 0.1) is 11.6 Å². The van der Waals surface area contributed by atoms with Crippen LogP contribution in [0.3, 0.4) is 0 Å². The lowest BCUT2D eigenvalue weighted by Gasteiger charge is -2.30. The maximum atomic E-state index is 6.43. The lowest BCUT2D eigenvalue weighted by Crippen LogP contribution is -2.28. The predicted molar refractivity (Wildman–Crippen MR) is 131 cm³/mol. The van der Waals surface area contributed by atoms with Crippen LogP contribution in [0.4, 0.5) is 11.4 Å². The molecule has 4 nitrogen and oxygen atoms in total. The first-order chi connectivity index (χ1) is 14.8. The van der Waals surface area contributed by atoms with Gasteiger partial charge in [0, 0.05) is 37.4 Å². The molecule has 0 amide bonds. The SMILES string of the molecule is S=C(Cc1ccccc1)NCCOP1N(c2ccccc2)CCN1c1ccccc1. The van der Waals surface area contributed by atoms with Gasteiger partial charge in [-0.1, -0.05) is 78.9 Å². The third kappa shape index (κ3) is 5.37. The van der Waals surface area contributed by atoms with Gasteiger partial charge in [-0.15, -0.1) is 0 Å². The van der Waals surface area contributed by atoms with E-state index in [2.05, 4.69) is 87.5 Å². The molecule has 1 N–H and O–H groups in total. The van der Waals surface area contributed by atoms with Gasteiger partial charge in [-0.2, -0.15) is 0 Å². The Labute approximate surface area is 185 Å². The smallest absolute Gasteiger partial charge is 0.248 e. The molecule has 0 aliphatic carbocycles. The zero-order valence-electron chi connectivity index (χ0n) is 16.9. The topological polar surface area (TPSA) is 27.7 Å². The van der Waals surface area contributed by atoms with Gasteiger partial charge in [-0.3, -0.25) is 0 Å². The summed E-state index contributed by atoms with van der Waals surface area (Å²) in [5.41, 5.74) is 3.63. The van der Waals surface area contributed by atoms with Gasteiger partial charge < -0.3 is 19.2 Å². The van der Waals surface area contributed by atoms with Gasteiger partial charge >= 0.3 is 0 Å². The highest BCUT2D eigenvalue weighted by molar-refractivity contribution is 7.80. The number of thiocarbonyl (C=S) groups is 1. The molecule has 1 fully saturated rings. The van der Waals surface area contributed by atoms with E-state index in [0.717, 1.165) is 24.5 Å². The van der Waals surface area contributed by atoms with E-state index in [1.54, 1.807) is 0 Å². The van der Waals surface area contributed by atoms with Crippen LogP contribution < -0.4 is 14.7 Å². The molecule has 0 bridgehead atoms. The Morgan fingerprint density at radius 2 is 1.30 bits per heavy atom. The number of anilines is 2. The summed E-state index contributed by atoms with van der Waals surface area (Å²) in [6.07, 6.45) is 0.761. The summed E-state index contributed by atoms with van der Waals surface area (Å²) >= 11 is 5.50. The maximum absolute atomic E-state index is 6.43. The molecule has 0 radical (unpaired) electrons. The van der Waals surface area contributed by atoms with E-state index in [9.17, 15) is 0 Å². The Bertz CT molecular complexity index is 879. The highest BCUT2D eigenvalue weighted by atomic mass is 32.1.